The van der Waals surface area contributed by atoms with Gasteiger partial charge in [-0.2, -0.15) is 0 Å². The standard InChI is InChI=1S/C27H33N3O5/c1-25(2,3)14-26(4,29-24(28)32)10-7-11-30-19-9-6-5-8-17(19)27(23(30)31)15-33-20-13-22-21(12-18(20)27)34-16-35-22/h5-6,8-9,12-13H,7,10-11,14-16H2,1-4H3,(H3,28,29,32). The molecule has 3 N–H and O–H groups in total. The van der Waals surface area contributed by atoms with Crippen molar-refractivity contribution < 1.29 is 23.8 Å². The number of anilines is 1. The van der Waals surface area contributed by atoms with Gasteiger partial charge in [-0.05, 0) is 49.3 Å². The zero-order chi connectivity index (χ0) is 25.0. The lowest BCUT2D eigenvalue weighted by atomic mass is 9.77. The van der Waals surface area contributed by atoms with Crippen LogP contribution in [-0.2, 0) is 10.2 Å². The van der Waals surface area contributed by atoms with Crippen LogP contribution in [0.1, 0.15) is 58.1 Å². The highest BCUT2D eigenvalue weighted by Crippen LogP contribution is 2.55. The highest BCUT2D eigenvalue weighted by Gasteiger charge is 2.57. The average molecular weight is 480 g/mol. The SMILES string of the molecule is CC(C)(C)CC(C)(CCCN1C(=O)C2(COc3cc4c(cc32)OCO4)c2ccccc21)NC(N)=O. The summed E-state index contributed by atoms with van der Waals surface area (Å²) in [5.74, 6) is 1.92. The maximum atomic E-state index is 14.1. The second kappa shape index (κ2) is 8.07. The fraction of sp³-hybridized carbons (Fsp3) is 0.481. The third-order valence-electron chi connectivity index (χ3n) is 7.10. The van der Waals surface area contributed by atoms with E-state index in [0.29, 0.717) is 36.6 Å². The maximum Gasteiger partial charge on any atom is 0.312 e. The van der Waals surface area contributed by atoms with Gasteiger partial charge in [-0.1, -0.05) is 39.0 Å². The molecule has 2 unspecified atom stereocenters. The molecule has 2 aromatic rings. The zero-order valence-electron chi connectivity index (χ0n) is 20.8. The van der Waals surface area contributed by atoms with Crippen LogP contribution in [0.3, 0.4) is 0 Å². The Bertz CT molecular complexity index is 1190. The van der Waals surface area contributed by atoms with Crippen molar-refractivity contribution in [2.24, 2.45) is 11.1 Å². The number of amides is 3. The fourth-order valence-electron chi connectivity index (χ4n) is 6.08. The van der Waals surface area contributed by atoms with E-state index in [1.807, 2.05) is 48.2 Å². The number of nitrogens with zero attached hydrogens (tertiary/aromatic N) is 1. The minimum absolute atomic E-state index is 0.00306. The molecule has 0 bridgehead atoms. The van der Waals surface area contributed by atoms with Gasteiger partial charge in [-0.15, -0.1) is 0 Å². The van der Waals surface area contributed by atoms with Crippen LogP contribution in [0.25, 0.3) is 0 Å². The molecule has 0 aromatic heterocycles. The monoisotopic (exact) mass is 479 g/mol. The topological polar surface area (TPSA) is 103 Å². The number of primary amides is 1. The summed E-state index contributed by atoms with van der Waals surface area (Å²) in [5.41, 5.74) is 6.77. The quantitative estimate of drug-likeness (QED) is 0.650. The van der Waals surface area contributed by atoms with Crippen molar-refractivity contribution in [3.8, 4) is 17.2 Å². The molecule has 8 heteroatoms. The largest absolute Gasteiger partial charge is 0.491 e. The number of nitrogens with one attached hydrogen (secondary N) is 1. The number of fused-ring (bicyclic) bond motifs is 5. The molecule has 2 atom stereocenters. The number of rotatable bonds is 6. The van der Waals surface area contributed by atoms with Crippen LogP contribution in [0.2, 0.25) is 0 Å². The molecular weight excluding hydrogens is 446 g/mol. The third-order valence-corrected chi connectivity index (χ3v) is 7.10. The molecule has 5 rings (SSSR count). The molecule has 2 aromatic carbocycles. The van der Waals surface area contributed by atoms with Crippen molar-refractivity contribution in [3.63, 3.8) is 0 Å². The van der Waals surface area contributed by atoms with Crippen LogP contribution in [-0.4, -0.2) is 37.4 Å². The van der Waals surface area contributed by atoms with E-state index in [1.54, 1.807) is 0 Å². The van der Waals surface area contributed by atoms with Gasteiger partial charge in [0.1, 0.15) is 17.8 Å². The van der Waals surface area contributed by atoms with E-state index in [9.17, 15) is 9.59 Å². The summed E-state index contributed by atoms with van der Waals surface area (Å²) in [5, 5.41) is 2.94. The number of urea groups is 1. The van der Waals surface area contributed by atoms with Crippen molar-refractivity contribution in [1.82, 2.24) is 5.32 Å². The van der Waals surface area contributed by atoms with Gasteiger partial charge in [0.15, 0.2) is 11.5 Å². The Morgan fingerprint density at radius 1 is 1.06 bits per heavy atom. The molecule has 0 radical (unpaired) electrons. The van der Waals surface area contributed by atoms with Crippen LogP contribution in [0, 0.1) is 5.41 Å². The molecule has 3 aliphatic heterocycles. The van der Waals surface area contributed by atoms with E-state index < -0.39 is 17.0 Å². The van der Waals surface area contributed by atoms with E-state index in [1.165, 1.54) is 0 Å². The summed E-state index contributed by atoms with van der Waals surface area (Å²) in [6.07, 6.45) is 2.17. The smallest absolute Gasteiger partial charge is 0.312 e. The summed E-state index contributed by atoms with van der Waals surface area (Å²) in [4.78, 5) is 27.7. The lowest BCUT2D eigenvalue weighted by Gasteiger charge is -2.36. The maximum absolute atomic E-state index is 14.1. The van der Waals surface area contributed by atoms with E-state index in [2.05, 4.69) is 26.1 Å². The lowest BCUT2D eigenvalue weighted by Crippen LogP contribution is -2.51. The van der Waals surface area contributed by atoms with Crippen molar-refractivity contribution in [3.05, 3.63) is 47.5 Å². The summed E-state index contributed by atoms with van der Waals surface area (Å²) >= 11 is 0. The van der Waals surface area contributed by atoms with Crippen LogP contribution in [0.15, 0.2) is 36.4 Å². The van der Waals surface area contributed by atoms with Gasteiger partial charge in [-0.3, -0.25) is 4.79 Å². The normalized spacial score (nSPS) is 21.5. The third kappa shape index (κ3) is 3.94. The first-order valence-electron chi connectivity index (χ1n) is 12.1. The van der Waals surface area contributed by atoms with Gasteiger partial charge >= 0.3 is 6.03 Å². The molecule has 3 aliphatic rings. The molecule has 1 spiro atoms. The highest BCUT2D eigenvalue weighted by atomic mass is 16.7. The molecular formula is C27H33N3O5. The number of nitrogens with two attached hydrogens (primary N) is 1. The highest BCUT2D eigenvalue weighted by molar-refractivity contribution is 6.11. The Morgan fingerprint density at radius 2 is 1.77 bits per heavy atom. The Balaban J connectivity index is 1.42. The summed E-state index contributed by atoms with van der Waals surface area (Å²) in [6.45, 7) is 9.37. The summed E-state index contributed by atoms with van der Waals surface area (Å²) in [6, 6.07) is 11.1. The molecule has 0 saturated carbocycles. The van der Waals surface area contributed by atoms with Gasteiger partial charge in [0.2, 0.25) is 12.7 Å². The zero-order valence-corrected chi connectivity index (χ0v) is 20.8. The van der Waals surface area contributed by atoms with Gasteiger partial charge in [-0.25, -0.2) is 4.79 Å². The van der Waals surface area contributed by atoms with Crippen LogP contribution in [0.5, 0.6) is 17.2 Å². The average Bonchev–Trinajstić information content (AvgIpc) is 3.43. The molecule has 3 amide bonds. The predicted octanol–water partition coefficient (Wildman–Crippen LogP) is 4.08. The molecule has 0 aliphatic carbocycles. The summed E-state index contributed by atoms with van der Waals surface area (Å²) < 4.78 is 17.2. The van der Waals surface area contributed by atoms with Crippen molar-refractivity contribution in [2.45, 2.75) is 57.9 Å². The number of hydrogen-bond acceptors (Lipinski definition) is 5. The van der Waals surface area contributed by atoms with E-state index in [0.717, 1.165) is 23.2 Å². The first-order valence-corrected chi connectivity index (χ1v) is 12.1. The molecule has 8 nitrogen and oxygen atoms in total. The van der Waals surface area contributed by atoms with Crippen LogP contribution < -0.4 is 30.2 Å². The number of ether oxygens (including phenoxy) is 3. The minimum atomic E-state index is -0.910. The number of carbonyl (C=O) groups is 2. The number of benzene rings is 2. The van der Waals surface area contributed by atoms with Crippen LogP contribution in [0.4, 0.5) is 10.5 Å². The van der Waals surface area contributed by atoms with Gasteiger partial charge in [0.25, 0.3) is 0 Å². The van der Waals surface area contributed by atoms with E-state index in [4.69, 9.17) is 19.9 Å². The number of para-hydroxylation sites is 1. The van der Waals surface area contributed by atoms with Gasteiger partial charge in [0.05, 0.1) is 0 Å². The Kier molecular flexibility index (Phi) is 5.38. The fourth-order valence-corrected chi connectivity index (χ4v) is 6.08. The van der Waals surface area contributed by atoms with Gasteiger partial charge in [0, 0.05) is 29.4 Å². The Morgan fingerprint density at radius 3 is 2.49 bits per heavy atom. The first-order chi connectivity index (χ1) is 16.5. The molecule has 3 heterocycles. The van der Waals surface area contributed by atoms with Crippen molar-refractivity contribution >= 4 is 17.6 Å². The summed E-state index contributed by atoms with van der Waals surface area (Å²) in [7, 11) is 0. The predicted molar refractivity (Wildman–Crippen MR) is 132 cm³/mol. The van der Waals surface area contributed by atoms with Crippen molar-refractivity contribution in [2.75, 3.05) is 24.8 Å². The molecule has 0 saturated heterocycles. The number of hydrogen-bond donors (Lipinski definition) is 2. The molecule has 35 heavy (non-hydrogen) atoms. The van der Waals surface area contributed by atoms with E-state index >= 15 is 0 Å². The minimum Gasteiger partial charge on any atom is -0.491 e. The van der Waals surface area contributed by atoms with E-state index in [-0.39, 0.29) is 24.7 Å². The Hall–Kier alpha value is -3.42. The number of carbonyl (C=O) groups excluding carboxylic acids is 2. The van der Waals surface area contributed by atoms with Crippen molar-refractivity contribution in [1.29, 1.82) is 0 Å². The molecule has 186 valence electrons. The Labute approximate surface area is 205 Å². The second-order valence-corrected chi connectivity index (χ2v) is 11.3. The molecule has 0 fully saturated rings. The van der Waals surface area contributed by atoms with Gasteiger partial charge < -0.3 is 30.2 Å². The lowest BCUT2D eigenvalue weighted by molar-refractivity contribution is -0.122. The first kappa shape index (κ1) is 23.3. The van der Waals surface area contributed by atoms with Crippen LogP contribution >= 0.6 is 0 Å². The second-order valence-electron chi connectivity index (χ2n) is 11.3.